The minimum Gasteiger partial charge on any atom is -0.481 e. The Bertz CT molecular complexity index is 844. The molecule has 144 valence electrons. The molecule has 7 nitrogen and oxygen atoms in total. The summed E-state index contributed by atoms with van der Waals surface area (Å²) in [6, 6.07) is 7.45. The summed E-state index contributed by atoms with van der Waals surface area (Å²) in [5, 5.41) is 7.73. The lowest BCUT2D eigenvalue weighted by atomic mass is 10.1. The molecule has 2 rings (SSSR count). The van der Waals surface area contributed by atoms with Crippen LogP contribution in [0.2, 0.25) is 0 Å². The first-order chi connectivity index (χ1) is 12.2. The molecule has 0 atom stereocenters. The number of sulfonamides is 1. The number of aryl methyl sites for hydroxylation is 2. The Morgan fingerprint density at radius 1 is 1.19 bits per heavy atom. The van der Waals surface area contributed by atoms with Gasteiger partial charge in [-0.2, -0.15) is 5.10 Å². The predicted molar refractivity (Wildman–Crippen MR) is 102 cm³/mol. The zero-order valence-electron chi connectivity index (χ0n) is 16.0. The van der Waals surface area contributed by atoms with Crippen LogP contribution in [0.5, 0.6) is 5.88 Å². The topological polar surface area (TPSA) is 85.2 Å². The third kappa shape index (κ3) is 5.30. The maximum Gasteiger partial charge on any atom is 0.216 e. The second kappa shape index (κ2) is 8.66. The van der Waals surface area contributed by atoms with Gasteiger partial charge in [0, 0.05) is 26.2 Å². The summed E-state index contributed by atoms with van der Waals surface area (Å²) in [7, 11) is 0.113. The molecule has 0 bridgehead atoms. The van der Waals surface area contributed by atoms with Crippen molar-refractivity contribution in [3.8, 4) is 5.88 Å². The van der Waals surface area contributed by atoms with E-state index in [1.165, 1.54) is 0 Å². The molecule has 26 heavy (non-hydrogen) atoms. The molecule has 1 aromatic heterocycles. The Kier molecular flexibility index (Phi) is 6.80. The van der Waals surface area contributed by atoms with Gasteiger partial charge in [0.05, 0.1) is 24.1 Å². The van der Waals surface area contributed by atoms with Gasteiger partial charge in [-0.1, -0.05) is 24.3 Å². The van der Waals surface area contributed by atoms with Crippen LogP contribution in [0.25, 0.3) is 0 Å². The second-order valence-electron chi connectivity index (χ2n) is 6.60. The monoisotopic (exact) mass is 380 g/mol. The van der Waals surface area contributed by atoms with Crippen molar-refractivity contribution in [1.29, 1.82) is 0 Å². The zero-order chi connectivity index (χ0) is 19.3. The van der Waals surface area contributed by atoms with Crippen molar-refractivity contribution in [3.63, 3.8) is 0 Å². The number of nitrogens with zero attached hydrogens (tertiary/aromatic N) is 2. The fourth-order valence-electron chi connectivity index (χ4n) is 2.94. The molecule has 0 fully saturated rings. The molecule has 0 unspecified atom stereocenters. The number of methoxy groups -OCH3 is 1. The van der Waals surface area contributed by atoms with E-state index in [9.17, 15) is 8.42 Å². The maximum atomic E-state index is 12.2. The van der Waals surface area contributed by atoms with Crippen molar-refractivity contribution in [3.05, 3.63) is 46.6 Å². The van der Waals surface area contributed by atoms with Gasteiger partial charge in [-0.3, -0.25) is 0 Å². The summed E-state index contributed by atoms with van der Waals surface area (Å²) in [4.78, 5) is 0. The largest absolute Gasteiger partial charge is 0.481 e. The van der Waals surface area contributed by atoms with Crippen LogP contribution in [0.15, 0.2) is 24.3 Å². The SMILES string of the molecule is COc1c(CNCc2ccccc2CS(=O)(=O)NC(C)C)c(C)nn1C. The summed E-state index contributed by atoms with van der Waals surface area (Å²) in [6.45, 7) is 6.72. The fraction of sp³-hybridized carbons (Fsp3) is 0.500. The van der Waals surface area contributed by atoms with Gasteiger partial charge in [0.15, 0.2) is 0 Å². The number of nitrogens with one attached hydrogen (secondary N) is 2. The number of hydrogen-bond donors (Lipinski definition) is 2. The number of aromatic nitrogens is 2. The van der Waals surface area contributed by atoms with E-state index in [-0.39, 0.29) is 11.8 Å². The van der Waals surface area contributed by atoms with Gasteiger partial charge in [-0.25, -0.2) is 17.8 Å². The predicted octanol–water partition coefficient (Wildman–Crippen LogP) is 1.85. The van der Waals surface area contributed by atoms with Gasteiger partial charge >= 0.3 is 0 Å². The second-order valence-corrected chi connectivity index (χ2v) is 8.35. The minimum atomic E-state index is -3.36. The quantitative estimate of drug-likeness (QED) is 0.694. The first-order valence-electron chi connectivity index (χ1n) is 8.57. The first-order valence-corrected chi connectivity index (χ1v) is 10.2. The average molecular weight is 381 g/mol. The van der Waals surface area contributed by atoms with E-state index in [4.69, 9.17) is 4.74 Å². The standard InChI is InChI=1S/C18H28N4O3S/c1-13(2)21-26(23,24)12-16-9-7-6-8-15(16)10-19-11-17-14(3)20-22(4)18(17)25-5/h6-9,13,19,21H,10-12H2,1-5H3. The lowest BCUT2D eigenvalue weighted by Gasteiger charge is -2.13. The van der Waals surface area contributed by atoms with E-state index >= 15 is 0 Å². The number of hydrogen-bond acceptors (Lipinski definition) is 5. The van der Waals surface area contributed by atoms with Crippen LogP contribution in [0.1, 0.15) is 36.2 Å². The van der Waals surface area contributed by atoms with Crippen LogP contribution in [0, 0.1) is 6.92 Å². The number of benzene rings is 1. The summed E-state index contributed by atoms with van der Waals surface area (Å²) in [5.74, 6) is 0.699. The van der Waals surface area contributed by atoms with Crippen molar-refractivity contribution < 1.29 is 13.2 Å². The van der Waals surface area contributed by atoms with Gasteiger partial charge < -0.3 is 10.1 Å². The lowest BCUT2D eigenvalue weighted by molar-refractivity contribution is 0.368. The lowest BCUT2D eigenvalue weighted by Crippen LogP contribution is -2.31. The van der Waals surface area contributed by atoms with Crippen molar-refractivity contribution in [2.24, 2.45) is 7.05 Å². The van der Waals surface area contributed by atoms with Gasteiger partial charge in [0.25, 0.3) is 0 Å². The highest BCUT2D eigenvalue weighted by Gasteiger charge is 2.16. The Labute approximate surface area is 155 Å². The first kappa shape index (κ1) is 20.4. The molecule has 0 spiro atoms. The highest BCUT2D eigenvalue weighted by molar-refractivity contribution is 7.88. The molecule has 0 saturated carbocycles. The summed E-state index contributed by atoms with van der Waals surface area (Å²) in [5.41, 5.74) is 3.67. The molecule has 0 aliphatic carbocycles. The van der Waals surface area contributed by atoms with Crippen molar-refractivity contribution in [1.82, 2.24) is 19.8 Å². The zero-order valence-corrected chi connectivity index (χ0v) is 16.9. The Morgan fingerprint density at radius 2 is 1.85 bits per heavy atom. The van der Waals surface area contributed by atoms with Crippen LogP contribution in [-0.4, -0.2) is 31.3 Å². The Hall–Kier alpha value is -1.90. The third-order valence-electron chi connectivity index (χ3n) is 3.98. The van der Waals surface area contributed by atoms with E-state index in [1.54, 1.807) is 11.8 Å². The Balaban J connectivity index is 2.07. The van der Waals surface area contributed by atoms with Crippen LogP contribution in [0.4, 0.5) is 0 Å². The normalized spacial score (nSPS) is 11.9. The molecular weight excluding hydrogens is 352 g/mol. The maximum absolute atomic E-state index is 12.2. The highest BCUT2D eigenvalue weighted by Crippen LogP contribution is 2.21. The summed E-state index contributed by atoms with van der Waals surface area (Å²) < 4.78 is 34.2. The molecule has 0 saturated heterocycles. The number of ether oxygens (including phenoxy) is 1. The third-order valence-corrected chi connectivity index (χ3v) is 5.50. The van der Waals surface area contributed by atoms with E-state index in [0.717, 1.165) is 28.3 Å². The van der Waals surface area contributed by atoms with Crippen LogP contribution >= 0.6 is 0 Å². The highest BCUT2D eigenvalue weighted by atomic mass is 32.2. The number of rotatable bonds is 9. The van der Waals surface area contributed by atoms with E-state index in [1.807, 2.05) is 52.1 Å². The molecule has 2 aromatic rings. The Morgan fingerprint density at radius 3 is 2.46 bits per heavy atom. The summed E-state index contributed by atoms with van der Waals surface area (Å²) in [6.07, 6.45) is 0. The molecule has 2 N–H and O–H groups in total. The molecule has 1 aromatic carbocycles. The van der Waals surface area contributed by atoms with E-state index < -0.39 is 10.0 Å². The van der Waals surface area contributed by atoms with Gasteiger partial charge in [0.1, 0.15) is 0 Å². The van der Waals surface area contributed by atoms with Crippen molar-refractivity contribution >= 4 is 10.0 Å². The molecule has 0 amide bonds. The van der Waals surface area contributed by atoms with Gasteiger partial charge in [-0.15, -0.1) is 0 Å². The molecule has 1 heterocycles. The van der Waals surface area contributed by atoms with Gasteiger partial charge in [0.2, 0.25) is 15.9 Å². The fourth-order valence-corrected chi connectivity index (χ4v) is 4.43. The van der Waals surface area contributed by atoms with Gasteiger partial charge in [-0.05, 0) is 31.9 Å². The van der Waals surface area contributed by atoms with Crippen molar-refractivity contribution in [2.75, 3.05) is 7.11 Å². The van der Waals surface area contributed by atoms with Crippen LogP contribution in [0.3, 0.4) is 0 Å². The summed E-state index contributed by atoms with van der Waals surface area (Å²) >= 11 is 0. The van der Waals surface area contributed by atoms with E-state index in [2.05, 4.69) is 15.1 Å². The van der Waals surface area contributed by atoms with E-state index in [0.29, 0.717) is 13.1 Å². The molecule has 0 aliphatic rings. The molecule has 8 heteroatoms. The molecule has 0 radical (unpaired) electrons. The van der Waals surface area contributed by atoms with Crippen LogP contribution < -0.4 is 14.8 Å². The van der Waals surface area contributed by atoms with Crippen LogP contribution in [-0.2, 0) is 35.9 Å². The smallest absolute Gasteiger partial charge is 0.216 e. The molecule has 0 aliphatic heterocycles. The minimum absolute atomic E-state index is 0.0295. The molecular formula is C18H28N4O3S. The average Bonchev–Trinajstić information content (AvgIpc) is 2.80. The van der Waals surface area contributed by atoms with Crippen molar-refractivity contribution in [2.45, 2.75) is 45.7 Å².